The average molecular weight is 1060 g/mol. The average Bonchev–Trinajstić information content (AvgIpc) is 3.40. The van der Waals surface area contributed by atoms with E-state index in [0.717, 1.165) is 44.9 Å². The maximum Gasteiger partial charge on any atom is 0.306 e. The Labute approximate surface area is 449 Å². The second-order valence-corrected chi connectivity index (χ2v) is 21.5. The van der Waals surface area contributed by atoms with Gasteiger partial charge < -0.3 is 64.2 Å². The summed E-state index contributed by atoms with van der Waals surface area (Å²) in [5, 5.41) is 72.4. The lowest BCUT2D eigenvalue weighted by molar-refractivity contribution is -0.332. The first-order chi connectivity index (χ1) is 36.1. The number of aliphatic hydroxyl groups is 7. The molecule has 0 amide bonds. The van der Waals surface area contributed by atoms with Crippen LogP contribution in [0.5, 0.6) is 0 Å². The standard InChI is InChI=1S/C60H112O14/c1-3-5-7-9-11-13-15-17-19-20-21-22-23-24-25-26-27-28-29-31-33-35-37-39-41-43-52(62)72-49(46-69-44-42-40-38-36-34-32-30-18-16-14-12-10-8-6-4-2)47-70-59-58(68)56(66)54(64)51(74-59)48-71-60-57(67)55(65)53(63)50(45-61)73-60/h15,17,20-21,49-51,53-61,63-68H,3-14,16,18-19,22-48H2,1-2H3/b17-15-,21-20-. The molecule has 2 saturated heterocycles. The molecule has 74 heavy (non-hydrogen) atoms. The molecule has 0 aliphatic carbocycles. The van der Waals surface area contributed by atoms with Gasteiger partial charge in [-0.3, -0.25) is 4.79 Å². The van der Waals surface area contributed by atoms with Crippen molar-refractivity contribution in [3.05, 3.63) is 24.3 Å². The molecule has 0 aromatic rings. The fourth-order valence-corrected chi connectivity index (χ4v) is 9.79. The van der Waals surface area contributed by atoms with E-state index >= 15 is 0 Å². The van der Waals surface area contributed by atoms with E-state index in [2.05, 4.69) is 38.2 Å². The third-order valence-electron chi connectivity index (χ3n) is 14.7. The van der Waals surface area contributed by atoms with Crippen molar-refractivity contribution < 1.29 is 69.0 Å². The lowest BCUT2D eigenvalue weighted by Gasteiger charge is -2.42. The summed E-state index contributed by atoms with van der Waals surface area (Å²) in [4.78, 5) is 13.1. The molecule has 2 fully saturated rings. The topological polar surface area (TPSA) is 214 Å². The van der Waals surface area contributed by atoms with E-state index in [1.165, 1.54) is 180 Å². The predicted molar refractivity (Wildman–Crippen MR) is 294 cm³/mol. The number of ether oxygens (including phenoxy) is 6. The van der Waals surface area contributed by atoms with Crippen molar-refractivity contribution in [3.8, 4) is 0 Å². The van der Waals surface area contributed by atoms with Gasteiger partial charge in [0.25, 0.3) is 0 Å². The summed E-state index contributed by atoms with van der Waals surface area (Å²) in [7, 11) is 0. The normalized spacial score (nSPS) is 24.9. The molecule has 0 saturated carbocycles. The Morgan fingerprint density at radius 2 is 0.838 bits per heavy atom. The van der Waals surface area contributed by atoms with Crippen molar-refractivity contribution >= 4 is 5.97 Å². The zero-order valence-electron chi connectivity index (χ0n) is 46.8. The molecule has 436 valence electrons. The first kappa shape index (κ1) is 68.6. The van der Waals surface area contributed by atoms with Gasteiger partial charge in [-0.25, -0.2) is 0 Å². The van der Waals surface area contributed by atoms with Crippen LogP contribution < -0.4 is 0 Å². The summed E-state index contributed by atoms with van der Waals surface area (Å²) in [6, 6.07) is 0. The van der Waals surface area contributed by atoms with Gasteiger partial charge in [0.05, 0.1) is 26.4 Å². The van der Waals surface area contributed by atoms with Gasteiger partial charge in [-0.15, -0.1) is 0 Å². The third-order valence-corrected chi connectivity index (χ3v) is 14.7. The van der Waals surface area contributed by atoms with E-state index in [9.17, 15) is 40.5 Å². The summed E-state index contributed by atoms with van der Waals surface area (Å²) in [5.41, 5.74) is 0. The Morgan fingerprint density at radius 3 is 1.30 bits per heavy atom. The van der Waals surface area contributed by atoms with Crippen molar-refractivity contribution in [2.75, 3.05) is 33.0 Å². The van der Waals surface area contributed by atoms with Crippen LogP contribution in [0.25, 0.3) is 0 Å². The number of carbonyl (C=O) groups is 1. The van der Waals surface area contributed by atoms with Gasteiger partial charge in [0.15, 0.2) is 12.6 Å². The molecule has 0 radical (unpaired) electrons. The highest BCUT2D eigenvalue weighted by Crippen LogP contribution is 2.27. The minimum Gasteiger partial charge on any atom is -0.457 e. The summed E-state index contributed by atoms with van der Waals surface area (Å²) >= 11 is 0. The lowest BCUT2D eigenvalue weighted by Crippen LogP contribution is -2.61. The summed E-state index contributed by atoms with van der Waals surface area (Å²) in [6.45, 7) is 3.73. The van der Waals surface area contributed by atoms with Crippen molar-refractivity contribution in [2.45, 2.75) is 319 Å². The van der Waals surface area contributed by atoms with Crippen molar-refractivity contribution in [1.29, 1.82) is 0 Å². The second kappa shape index (κ2) is 47.5. The number of hydrogen-bond donors (Lipinski definition) is 7. The van der Waals surface area contributed by atoms with Crippen molar-refractivity contribution in [3.63, 3.8) is 0 Å². The Bertz CT molecular complexity index is 1320. The highest BCUT2D eigenvalue weighted by Gasteiger charge is 2.47. The van der Waals surface area contributed by atoms with Crippen LogP contribution in [0, 0.1) is 0 Å². The Morgan fingerprint density at radius 1 is 0.446 bits per heavy atom. The minimum absolute atomic E-state index is 0.0667. The van der Waals surface area contributed by atoms with Crippen LogP contribution in [0.2, 0.25) is 0 Å². The van der Waals surface area contributed by atoms with Crippen LogP contribution in [-0.2, 0) is 33.2 Å². The van der Waals surface area contributed by atoms with Gasteiger partial charge in [-0.05, 0) is 44.9 Å². The molecule has 2 heterocycles. The minimum atomic E-state index is -1.70. The van der Waals surface area contributed by atoms with Gasteiger partial charge in [0.1, 0.15) is 54.9 Å². The van der Waals surface area contributed by atoms with Crippen LogP contribution >= 0.6 is 0 Å². The number of hydrogen-bond acceptors (Lipinski definition) is 14. The molecule has 0 aromatic heterocycles. The molecule has 0 aromatic carbocycles. The number of rotatable bonds is 50. The Balaban J connectivity index is 1.67. The fourth-order valence-electron chi connectivity index (χ4n) is 9.79. The molecule has 2 rings (SSSR count). The monoisotopic (exact) mass is 1060 g/mol. The molecular formula is C60H112O14. The molecule has 2 aliphatic rings. The summed E-state index contributed by atoms with van der Waals surface area (Å²) < 4.78 is 34.4. The largest absolute Gasteiger partial charge is 0.457 e. The van der Waals surface area contributed by atoms with Crippen LogP contribution in [0.15, 0.2) is 24.3 Å². The van der Waals surface area contributed by atoms with Gasteiger partial charge in [-0.2, -0.15) is 0 Å². The first-order valence-corrected chi connectivity index (χ1v) is 30.4. The van der Waals surface area contributed by atoms with Crippen molar-refractivity contribution in [1.82, 2.24) is 0 Å². The number of aliphatic hydroxyl groups excluding tert-OH is 7. The molecule has 0 spiro atoms. The Kier molecular flexibility index (Phi) is 44.0. The highest BCUT2D eigenvalue weighted by molar-refractivity contribution is 5.69. The molecule has 2 aliphatic heterocycles. The molecular weight excluding hydrogens is 945 g/mol. The molecule has 11 unspecified atom stereocenters. The van der Waals surface area contributed by atoms with Crippen LogP contribution in [-0.4, -0.2) is 142 Å². The van der Waals surface area contributed by atoms with Gasteiger partial charge in [0.2, 0.25) is 0 Å². The SMILES string of the molecule is CCCCCCC/C=C\C/C=C\CCCCCCCCCCCCCCCC(=O)OC(COCCCCCCCCCCCCCCCCC)COC1OC(COC2OC(CO)C(O)C(O)C2O)C(O)C(O)C1O. The second-order valence-electron chi connectivity index (χ2n) is 21.5. The van der Waals surface area contributed by atoms with Crippen LogP contribution in [0.4, 0.5) is 0 Å². The first-order valence-electron chi connectivity index (χ1n) is 30.4. The quantitative estimate of drug-likeness (QED) is 0.0172. The third kappa shape index (κ3) is 33.7. The zero-order valence-corrected chi connectivity index (χ0v) is 46.8. The number of allylic oxidation sites excluding steroid dienone is 4. The predicted octanol–water partition coefficient (Wildman–Crippen LogP) is 11.1. The molecule has 0 bridgehead atoms. The van der Waals surface area contributed by atoms with E-state index < -0.39 is 80.7 Å². The number of unbranched alkanes of at least 4 members (excludes halogenated alkanes) is 32. The maximum atomic E-state index is 13.1. The van der Waals surface area contributed by atoms with E-state index in [0.29, 0.717) is 13.0 Å². The zero-order chi connectivity index (χ0) is 53.7. The van der Waals surface area contributed by atoms with Gasteiger partial charge in [-0.1, -0.05) is 224 Å². The molecule has 11 atom stereocenters. The van der Waals surface area contributed by atoms with Gasteiger partial charge >= 0.3 is 5.97 Å². The maximum absolute atomic E-state index is 13.1. The van der Waals surface area contributed by atoms with Crippen molar-refractivity contribution in [2.24, 2.45) is 0 Å². The van der Waals surface area contributed by atoms with E-state index in [4.69, 9.17) is 28.4 Å². The lowest BCUT2D eigenvalue weighted by atomic mass is 9.98. The number of esters is 1. The van der Waals surface area contributed by atoms with Gasteiger partial charge in [0, 0.05) is 13.0 Å². The highest BCUT2D eigenvalue weighted by atomic mass is 16.7. The van der Waals surface area contributed by atoms with E-state index in [1.54, 1.807) is 0 Å². The van der Waals surface area contributed by atoms with Crippen LogP contribution in [0.1, 0.15) is 251 Å². The summed E-state index contributed by atoms with van der Waals surface area (Å²) in [6.07, 6.45) is 38.1. The molecule has 14 nitrogen and oxygen atoms in total. The molecule has 7 N–H and O–H groups in total. The van der Waals surface area contributed by atoms with E-state index in [1.807, 2.05) is 0 Å². The molecule has 14 heteroatoms. The fraction of sp³-hybridized carbons (Fsp3) is 0.917. The Hall–Kier alpha value is -1.53. The smallest absolute Gasteiger partial charge is 0.306 e. The number of carbonyl (C=O) groups excluding carboxylic acids is 1. The van der Waals surface area contributed by atoms with Crippen LogP contribution in [0.3, 0.4) is 0 Å². The van der Waals surface area contributed by atoms with E-state index in [-0.39, 0.29) is 25.6 Å². The summed E-state index contributed by atoms with van der Waals surface area (Å²) in [5.74, 6) is -0.372.